The molecule has 0 bridgehead atoms. The molecule has 0 spiro atoms. The first-order chi connectivity index (χ1) is 8.16. The van der Waals surface area contributed by atoms with Crippen LogP contribution in [-0.2, 0) is 11.3 Å². The Morgan fingerprint density at radius 1 is 1.47 bits per heavy atom. The normalized spacial score (nSPS) is 19.1. The number of carboxylic acids is 1. The molecule has 0 aromatic carbocycles. The second-order valence-corrected chi connectivity index (χ2v) is 5.25. The van der Waals surface area contributed by atoms with Crippen molar-refractivity contribution >= 4 is 21.9 Å². The summed E-state index contributed by atoms with van der Waals surface area (Å²) in [6.07, 6.45) is 6.87. The third-order valence-electron chi connectivity index (χ3n) is 3.08. The zero-order valence-electron chi connectivity index (χ0n) is 9.55. The van der Waals surface area contributed by atoms with Crippen molar-refractivity contribution in [3.63, 3.8) is 0 Å². The predicted molar refractivity (Wildman–Crippen MR) is 66.8 cm³/mol. The Balaban J connectivity index is 2.03. The Hall–Kier alpha value is -0.880. The van der Waals surface area contributed by atoms with Gasteiger partial charge in [0.25, 0.3) is 0 Å². The number of carbonyl (C=O) groups is 1. The fourth-order valence-corrected chi connectivity index (χ4v) is 2.52. The van der Waals surface area contributed by atoms with Crippen molar-refractivity contribution in [2.75, 3.05) is 13.1 Å². The molecule has 1 unspecified atom stereocenters. The Bertz CT molecular complexity index is 388. The molecule has 1 aromatic heterocycles. The van der Waals surface area contributed by atoms with Crippen LogP contribution >= 0.6 is 15.9 Å². The summed E-state index contributed by atoms with van der Waals surface area (Å²) >= 11 is 3.31. The minimum absolute atomic E-state index is 0.404. The van der Waals surface area contributed by atoms with Crippen LogP contribution in [0.5, 0.6) is 0 Å². The smallest absolute Gasteiger partial charge is 0.322 e. The molecule has 1 atom stereocenters. The van der Waals surface area contributed by atoms with Gasteiger partial charge in [0, 0.05) is 6.20 Å². The van der Waals surface area contributed by atoms with Crippen LogP contribution in [0.25, 0.3) is 0 Å². The van der Waals surface area contributed by atoms with Crippen LogP contribution in [-0.4, -0.2) is 44.9 Å². The molecule has 1 saturated heterocycles. The monoisotopic (exact) mass is 301 g/mol. The molecular formula is C11H16BrN3O2. The van der Waals surface area contributed by atoms with E-state index in [1.165, 1.54) is 6.42 Å². The van der Waals surface area contributed by atoms with Crippen molar-refractivity contribution in [3.8, 4) is 0 Å². The van der Waals surface area contributed by atoms with Gasteiger partial charge in [-0.2, -0.15) is 5.10 Å². The van der Waals surface area contributed by atoms with Gasteiger partial charge in [0.05, 0.1) is 17.2 Å². The average molecular weight is 302 g/mol. The molecule has 17 heavy (non-hydrogen) atoms. The Morgan fingerprint density at radius 2 is 2.18 bits per heavy atom. The topological polar surface area (TPSA) is 58.4 Å². The largest absolute Gasteiger partial charge is 0.480 e. The van der Waals surface area contributed by atoms with Crippen LogP contribution in [0.2, 0.25) is 0 Å². The summed E-state index contributed by atoms with van der Waals surface area (Å²) < 4.78 is 2.55. The summed E-state index contributed by atoms with van der Waals surface area (Å²) in [6, 6.07) is -0.470. The van der Waals surface area contributed by atoms with Gasteiger partial charge in [0.1, 0.15) is 6.04 Å². The summed E-state index contributed by atoms with van der Waals surface area (Å²) in [5.74, 6) is -0.765. The van der Waals surface area contributed by atoms with Gasteiger partial charge >= 0.3 is 5.97 Å². The molecule has 5 nitrogen and oxygen atoms in total. The van der Waals surface area contributed by atoms with Crippen LogP contribution in [0.15, 0.2) is 16.9 Å². The molecule has 0 saturated carbocycles. The quantitative estimate of drug-likeness (QED) is 0.917. The van der Waals surface area contributed by atoms with Crippen molar-refractivity contribution in [3.05, 3.63) is 16.9 Å². The molecule has 6 heteroatoms. The number of rotatable bonds is 4. The summed E-state index contributed by atoms with van der Waals surface area (Å²) in [7, 11) is 0. The molecule has 1 fully saturated rings. The zero-order valence-corrected chi connectivity index (χ0v) is 11.1. The van der Waals surface area contributed by atoms with Gasteiger partial charge in [-0.05, 0) is 41.9 Å². The van der Waals surface area contributed by atoms with Gasteiger partial charge in [-0.25, -0.2) is 0 Å². The maximum Gasteiger partial charge on any atom is 0.322 e. The number of hydrogen-bond acceptors (Lipinski definition) is 3. The van der Waals surface area contributed by atoms with Crippen molar-refractivity contribution in [2.24, 2.45) is 0 Å². The lowest BCUT2D eigenvalue weighted by Gasteiger charge is -2.31. The number of hydrogen-bond donors (Lipinski definition) is 1. The zero-order chi connectivity index (χ0) is 12.3. The van der Waals surface area contributed by atoms with Gasteiger partial charge in [-0.3, -0.25) is 14.4 Å². The Kier molecular flexibility index (Phi) is 4.17. The van der Waals surface area contributed by atoms with Gasteiger partial charge in [-0.15, -0.1) is 0 Å². The van der Waals surface area contributed by atoms with E-state index in [2.05, 4.69) is 21.0 Å². The van der Waals surface area contributed by atoms with E-state index in [0.29, 0.717) is 6.54 Å². The lowest BCUT2D eigenvalue weighted by Crippen LogP contribution is -2.46. The number of aliphatic carboxylic acids is 1. The highest BCUT2D eigenvalue weighted by molar-refractivity contribution is 9.10. The minimum Gasteiger partial charge on any atom is -0.480 e. The van der Waals surface area contributed by atoms with E-state index in [-0.39, 0.29) is 0 Å². The molecule has 94 valence electrons. The minimum atomic E-state index is -0.765. The molecule has 1 aliphatic rings. The number of carboxylic acid groups (broad SMARTS) is 1. The maximum absolute atomic E-state index is 11.3. The van der Waals surface area contributed by atoms with E-state index >= 15 is 0 Å². The highest BCUT2D eigenvalue weighted by Gasteiger charge is 2.27. The molecule has 1 aromatic rings. The number of aromatic nitrogens is 2. The van der Waals surface area contributed by atoms with Crippen molar-refractivity contribution in [1.29, 1.82) is 0 Å². The lowest BCUT2D eigenvalue weighted by atomic mass is 10.1. The average Bonchev–Trinajstić information content (AvgIpc) is 2.73. The van der Waals surface area contributed by atoms with Crippen molar-refractivity contribution in [2.45, 2.75) is 31.8 Å². The first-order valence-electron chi connectivity index (χ1n) is 5.81. The van der Waals surface area contributed by atoms with E-state index in [1.54, 1.807) is 17.1 Å². The van der Waals surface area contributed by atoms with Gasteiger partial charge in [0.15, 0.2) is 0 Å². The Labute approximate surface area is 109 Å². The summed E-state index contributed by atoms with van der Waals surface area (Å²) in [5, 5.41) is 13.4. The Morgan fingerprint density at radius 3 is 2.71 bits per heavy atom. The van der Waals surface area contributed by atoms with Crippen LogP contribution in [0.3, 0.4) is 0 Å². The van der Waals surface area contributed by atoms with E-state index in [4.69, 9.17) is 0 Å². The van der Waals surface area contributed by atoms with Crippen LogP contribution < -0.4 is 0 Å². The third kappa shape index (κ3) is 3.29. The van der Waals surface area contributed by atoms with Crippen molar-refractivity contribution < 1.29 is 9.90 Å². The van der Waals surface area contributed by atoms with Crippen LogP contribution in [0.1, 0.15) is 19.3 Å². The molecular weight excluding hydrogens is 286 g/mol. The van der Waals surface area contributed by atoms with Gasteiger partial charge in [-0.1, -0.05) is 6.42 Å². The summed E-state index contributed by atoms with van der Waals surface area (Å²) in [6.45, 7) is 2.15. The van der Waals surface area contributed by atoms with E-state index in [1.807, 2.05) is 4.90 Å². The summed E-state index contributed by atoms with van der Waals surface area (Å²) in [5.41, 5.74) is 0. The second kappa shape index (κ2) is 5.64. The van der Waals surface area contributed by atoms with Gasteiger partial charge < -0.3 is 5.11 Å². The van der Waals surface area contributed by atoms with E-state index in [9.17, 15) is 9.90 Å². The number of piperidine rings is 1. The molecule has 2 heterocycles. The maximum atomic E-state index is 11.3. The van der Waals surface area contributed by atoms with E-state index in [0.717, 1.165) is 30.4 Å². The third-order valence-corrected chi connectivity index (χ3v) is 3.49. The first kappa shape index (κ1) is 12.6. The van der Waals surface area contributed by atoms with Gasteiger partial charge in [0.2, 0.25) is 0 Å². The molecule has 0 amide bonds. The molecule has 2 rings (SSSR count). The molecule has 0 aliphatic carbocycles. The fraction of sp³-hybridized carbons (Fsp3) is 0.636. The predicted octanol–water partition coefficient (Wildman–Crippen LogP) is 1.58. The molecule has 0 radical (unpaired) electrons. The fourth-order valence-electron chi connectivity index (χ4n) is 2.20. The highest BCUT2D eigenvalue weighted by Crippen LogP contribution is 2.14. The first-order valence-corrected chi connectivity index (χ1v) is 6.61. The number of nitrogens with zero attached hydrogens (tertiary/aromatic N) is 3. The molecule has 1 N–H and O–H groups in total. The second-order valence-electron chi connectivity index (χ2n) is 4.33. The number of halogens is 1. The van der Waals surface area contributed by atoms with Crippen molar-refractivity contribution in [1.82, 2.24) is 14.7 Å². The van der Waals surface area contributed by atoms with E-state index < -0.39 is 12.0 Å². The number of likely N-dealkylation sites (tertiary alicyclic amines) is 1. The SMILES string of the molecule is O=C(O)C(Cn1cc(Br)cn1)N1CCCCC1. The highest BCUT2D eigenvalue weighted by atomic mass is 79.9. The van der Waals surface area contributed by atoms with Crippen LogP contribution in [0, 0.1) is 0 Å². The lowest BCUT2D eigenvalue weighted by molar-refractivity contribution is -0.144. The summed E-state index contributed by atoms with van der Waals surface area (Å²) in [4.78, 5) is 13.4. The van der Waals surface area contributed by atoms with Crippen LogP contribution in [0.4, 0.5) is 0 Å². The molecule has 1 aliphatic heterocycles. The standard InChI is InChI=1S/C11H16BrN3O2/c12-9-6-13-15(7-9)8-10(11(16)17)14-4-2-1-3-5-14/h6-7,10H,1-5,8H2,(H,16,17).